The van der Waals surface area contributed by atoms with E-state index in [9.17, 15) is 14.4 Å². The molecule has 0 N–H and O–H groups in total. The third-order valence-corrected chi connectivity index (χ3v) is 7.59. The molecule has 4 aromatic rings. The normalized spacial score (nSPS) is 15.1. The number of benzene rings is 2. The number of halogens is 1. The second-order valence-electron chi connectivity index (χ2n) is 9.56. The zero-order valence-corrected chi connectivity index (χ0v) is 24.4. The summed E-state index contributed by atoms with van der Waals surface area (Å²) in [4.78, 5) is 44.5. The molecule has 41 heavy (non-hydrogen) atoms. The van der Waals surface area contributed by atoms with Gasteiger partial charge in [-0.05, 0) is 63.6 Å². The van der Waals surface area contributed by atoms with E-state index in [2.05, 4.69) is 4.99 Å². The van der Waals surface area contributed by atoms with Crippen LogP contribution in [0.15, 0.2) is 86.1 Å². The van der Waals surface area contributed by atoms with E-state index in [0.29, 0.717) is 48.3 Å². The second kappa shape index (κ2) is 11.7. The average Bonchev–Trinajstić information content (AvgIpc) is 3.52. The third kappa shape index (κ3) is 5.68. The van der Waals surface area contributed by atoms with Gasteiger partial charge in [0.2, 0.25) is 0 Å². The fourth-order valence-corrected chi connectivity index (χ4v) is 5.76. The Hall–Kier alpha value is -4.21. The van der Waals surface area contributed by atoms with E-state index < -0.39 is 18.0 Å². The highest BCUT2D eigenvalue weighted by molar-refractivity contribution is 7.07. The molecule has 5 rings (SSSR count). The topological polar surface area (TPSA) is 100 Å². The van der Waals surface area contributed by atoms with Crippen LogP contribution in [0.1, 0.15) is 55.4 Å². The van der Waals surface area contributed by atoms with Crippen molar-refractivity contribution in [1.82, 2.24) is 4.57 Å². The van der Waals surface area contributed by atoms with Gasteiger partial charge in [0, 0.05) is 16.7 Å². The van der Waals surface area contributed by atoms with Crippen LogP contribution in [0.5, 0.6) is 0 Å². The first kappa shape index (κ1) is 28.3. The van der Waals surface area contributed by atoms with Crippen LogP contribution in [0.2, 0.25) is 5.02 Å². The van der Waals surface area contributed by atoms with Crippen molar-refractivity contribution in [2.75, 3.05) is 6.61 Å². The lowest BCUT2D eigenvalue weighted by Gasteiger charge is -2.25. The van der Waals surface area contributed by atoms with E-state index in [0.717, 1.165) is 0 Å². The van der Waals surface area contributed by atoms with Crippen molar-refractivity contribution in [1.29, 1.82) is 0 Å². The summed E-state index contributed by atoms with van der Waals surface area (Å²) in [7, 11) is 0. The molecule has 0 aliphatic carbocycles. The molecule has 8 nitrogen and oxygen atoms in total. The molecule has 0 spiro atoms. The molecule has 1 unspecified atom stereocenters. The first-order chi connectivity index (χ1) is 19.7. The van der Waals surface area contributed by atoms with Gasteiger partial charge in [0.15, 0.2) is 4.80 Å². The van der Waals surface area contributed by atoms with Crippen LogP contribution in [0.3, 0.4) is 0 Å². The van der Waals surface area contributed by atoms with Gasteiger partial charge in [0.25, 0.3) is 5.56 Å². The van der Waals surface area contributed by atoms with Crippen molar-refractivity contribution in [3.8, 4) is 11.3 Å². The van der Waals surface area contributed by atoms with Crippen LogP contribution >= 0.6 is 22.9 Å². The highest BCUT2D eigenvalue weighted by atomic mass is 35.5. The Balaban J connectivity index is 1.60. The Kier molecular flexibility index (Phi) is 8.10. The van der Waals surface area contributed by atoms with E-state index in [4.69, 9.17) is 25.5 Å². The number of furan rings is 1. The van der Waals surface area contributed by atoms with Gasteiger partial charge in [0.05, 0.1) is 40.1 Å². The molecule has 2 aromatic carbocycles. The van der Waals surface area contributed by atoms with Crippen molar-refractivity contribution in [3.05, 3.63) is 114 Å². The lowest BCUT2D eigenvalue weighted by Crippen LogP contribution is -2.40. The summed E-state index contributed by atoms with van der Waals surface area (Å²) in [6, 6.07) is 16.7. The smallest absolute Gasteiger partial charge is 0.338 e. The Morgan fingerprint density at radius 2 is 1.83 bits per heavy atom. The Labute approximate surface area is 244 Å². The van der Waals surface area contributed by atoms with Crippen LogP contribution in [0.25, 0.3) is 17.4 Å². The Morgan fingerprint density at radius 3 is 2.54 bits per heavy atom. The molecule has 0 saturated heterocycles. The van der Waals surface area contributed by atoms with Gasteiger partial charge < -0.3 is 13.9 Å². The van der Waals surface area contributed by atoms with E-state index in [1.165, 1.54) is 15.9 Å². The molecule has 0 amide bonds. The molecule has 0 bridgehead atoms. The quantitative estimate of drug-likeness (QED) is 0.272. The number of hydrogen-bond donors (Lipinski definition) is 0. The summed E-state index contributed by atoms with van der Waals surface area (Å²) in [5, 5.41) is 0.534. The maximum atomic E-state index is 13.8. The fourth-order valence-electron chi connectivity index (χ4n) is 4.61. The monoisotopic (exact) mass is 590 g/mol. The first-order valence-corrected chi connectivity index (χ1v) is 14.2. The van der Waals surface area contributed by atoms with Gasteiger partial charge in [0.1, 0.15) is 11.5 Å². The largest absolute Gasteiger partial charge is 0.462 e. The molecule has 210 valence electrons. The highest BCUT2D eigenvalue weighted by Gasteiger charge is 2.33. The SMILES string of the molecule is CCOC(=O)c1ccccc1-c1ccc(C=c2sc3n(c2=O)C(c2ccc(Cl)cc2)C(C(=O)OC(C)C)=C(C)N=3)o1. The van der Waals surface area contributed by atoms with Crippen molar-refractivity contribution >= 4 is 41.0 Å². The molecule has 0 radical (unpaired) electrons. The number of esters is 2. The van der Waals surface area contributed by atoms with Crippen LogP contribution in [0, 0.1) is 0 Å². The molecular formula is C31H27ClN2O6S. The van der Waals surface area contributed by atoms with Gasteiger partial charge in [-0.1, -0.05) is 53.3 Å². The summed E-state index contributed by atoms with van der Waals surface area (Å²) in [5.41, 5.74) is 2.09. The minimum Gasteiger partial charge on any atom is -0.462 e. The van der Waals surface area contributed by atoms with Gasteiger partial charge in [-0.25, -0.2) is 14.6 Å². The van der Waals surface area contributed by atoms with Crippen LogP contribution in [0.4, 0.5) is 0 Å². The molecular weight excluding hydrogens is 564 g/mol. The van der Waals surface area contributed by atoms with E-state index >= 15 is 0 Å². The maximum absolute atomic E-state index is 13.8. The van der Waals surface area contributed by atoms with Gasteiger partial charge in [-0.2, -0.15) is 0 Å². The maximum Gasteiger partial charge on any atom is 0.338 e. The van der Waals surface area contributed by atoms with Crippen LogP contribution < -0.4 is 14.9 Å². The van der Waals surface area contributed by atoms with Crippen molar-refractivity contribution < 1.29 is 23.5 Å². The average molecular weight is 591 g/mol. The minimum atomic E-state index is -0.750. The number of aromatic nitrogens is 1. The summed E-state index contributed by atoms with van der Waals surface area (Å²) >= 11 is 7.32. The summed E-state index contributed by atoms with van der Waals surface area (Å²) in [6.07, 6.45) is 1.28. The number of rotatable bonds is 7. The first-order valence-electron chi connectivity index (χ1n) is 13.0. The highest BCUT2D eigenvalue weighted by Crippen LogP contribution is 2.32. The van der Waals surface area contributed by atoms with Crippen LogP contribution in [-0.2, 0) is 14.3 Å². The number of thiazole rings is 1. The minimum absolute atomic E-state index is 0.255. The summed E-state index contributed by atoms with van der Waals surface area (Å²) in [6.45, 7) is 7.27. The van der Waals surface area contributed by atoms with Crippen molar-refractivity contribution in [3.63, 3.8) is 0 Å². The summed E-state index contributed by atoms with van der Waals surface area (Å²) in [5.74, 6) is -0.103. The van der Waals surface area contributed by atoms with Gasteiger partial charge >= 0.3 is 11.9 Å². The Morgan fingerprint density at radius 1 is 1.10 bits per heavy atom. The lowest BCUT2D eigenvalue weighted by atomic mass is 9.96. The predicted octanol–water partition coefficient (Wildman–Crippen LogP) is 5.28. The second-order valence-corrected chi connectivity index (χ2v) is 11.0. The number of allylic oxidation sites excluding steroid dienone is 1. The number of fused-ring (bicyclic) bond motifs is 1. The molecule has 1 atom stereocenters. The number of hydrogen-bond acceptors (Lipinski definition) is 8. The molecule has 0 saturated carbocycles. The molecule has 1 aliphatic rings. The van der Waals surface area contributed by atoms with E-state index in [1.807, 2.05) is 0 Å². The number of carbonyl (C=O) groups excluding carboxylic acids is 2. The lowest BCUT2D eigenvalue weighted by molar-refractivity contribution is -0.143. The number of ether oxygens (including phenoxy) is 2. The standard InChI is InChI=1S/C31H27ClN2O6S/c1-5-38-29(36)23-9-7-6-8-22(23)24-15-14-21(40-24)16-25-28(35)34-27(19-10-12-20(32)13-11-19)26(30(37)39-17(2)3)18(4)33-31(34)41-25/h6-17,27H,5H2,1-4H3. The zero-order chi connectivity index (χ0) is 29.3. The molecule has 3 heterocycles. The van der Waals surface area contributed by atoms with Crippen molar-refractivity contribution in [2.24, 2.45) is 4.99 Å². The zero-order valence-electron chi connectivity index (χ0n) is 22.8. The van der Waals surface area contributed by atoms with Crippen molar-refractivity contribution in [2.45, 2.75) is 39.8 Å². The van der Waals surface area contributed by atoms with E-state index in [1.54, 1.807) is 94.4 Å². The number of nitrogens with zero attached hydrogens (tertiary/aromatic N) is 2. The molecule has 0 fully saturated rings. The fraction of sp³-hybridized carbons (Fsp3) is 0.226. The molecule has 1 aliphatic heterocycles. The van der Waals surface area contributed by atoms with Crippen LogP contribution in [-0.4, -0.2) is 29.2 Å². The molecule has 10 heteroatoms. The third-order valence-electron chi connectivity index (χ3n) is 6.36. The predicted molar refractivity (Wildman–Crippen MR) is 157 cm³/mol. The van der Waals surface area contributed by atoms with E-state index in [-0.39, 0.29) is 23.8 Å². The van der Waals surface area contributed by atoms with Gasteiger partial charge in [-0.3, -0.25) is 9.36 Å². The number of carbonyl (C=O) groups is 2. The van der Waals surface area contributed by atoms with Gasteiger partial charge in [-0.15, -0.1) is 0 Å². The molecule has 2 aromatic heterocycles. The Bertz CT molecular complexity index is 1850. The summed E-state index contributed by atoms with van der Waals surface area (Å²) < 4.78 is 18.6.